The molecule has 1 saturated heterocycles. The van der Waals surface area contributed by atoms with Crippen molar-refractivity contribution in [3.8, 4) is 0 Å². The van der Waals surface area contributed by atoms with Crippen molar-refractivity contribution in [1.82, 2.24) is 0 Å². The van der Waals surface area contributed by atoms with Crippen molar-refractivity contribution in [3.63, 3.8) is 0 Å². The van der Waals surface area contributed by atoms with Crippen molar-refractivity contribution in [2.45, 2.75) is 19.3 Å². The Hall–Kier alpha value is -2.26. The summed E-state index contributed by atoms with van der Waals surface area (Å²) < 4.78 is 45.8. The van der Waals surface area contributed by atoms with Crippen molar-refractivity contribution in [2.24, 2.45) is 0 Å². The smallest absolute Gasteiger partial charge is 0.160 e. The Kier molecular flexibility index (Phi) is 12.6. The number of hydrogen-bond donors (Lipinski definition) is 0. The second-order valence-electron chi connectivity index (χ2n) is 7.32. The van der Waals surface area contributed by atoms with E-state index >= 15 is 0 Å². The van der Waals surface area contributed by atoms with Gasteiger partial charge in [-0.3, -0.25) is 0 Å². The van der Waals surface area contributed by atoms with E-state index in [-0.39, 0.29) is 0 Å². The van der Waals surface area contributed by atoms with Crippen LogP contribution in [0.3, 0.4) is 0 Å². The summed E-state index contributed by atoms with van der Waals surface area (Å²) in [5.41, 5.74) is 0. The van der Waals surface area contributed by atoms with Gasteiger partial charge < -0.3 is 37.9 Å². The predicted molar refractivity (Wildman–Crippen MR) is 122 cm³/mol. The molecular weight excluding hydrogens is 428 g/mol. The van der Waals surface area contributed by atoms with Gasteiger partial charge >= 0.3 is 0 Å². The first-order valence-electron chi connectivity index (χ1n) is 11.7. The fraction of sp³-hybridized carbons (Fsp3) is 0.600. The summed E-state index contributed by atoms with van der Waals surface area (Å²) in [6, 6.07) is 0. The molecular formula is C25H36O8. The van der Waals surface area contributed by atoms with Gasteiger partial charge in [0.15, 0.2) is 23.0 Å². The van der Waals surface area contributed by atoms with Gasteiger partial charge in [0.1, 0.15) is 26.4 Å². The topological polar surface area (TPSA) is 73.8 Å². The summed E-state index contributed by atoms with van der Waals surface area (Å²) in [6.07, 6.45) is 14.7. The number of ether oxygens (including phenoxy) is 8. The Labute approximate surface area is 196 Å². The summed E-state index contributed by atoms with van der Waals surface area (Å²) in [5.74, 6) is 2.96. The molecule has 0 bridgehead atoms. The van der Waals surface area contributed by atoms with Gasteiger partial charge in [0.2, 0.25) is 0 Å². The Morgan fingerprint density at radius 3 is 1.30 bits per heavy atom. The molecule has 1 heterocycles. The van der Waals surface area contributed by atoms with Gasteiger partial charge in [-0.2, -0.15) is 0 Å². The van der Waals surface area contributed by atoms with Gasteiger partial charge in [0.25, 0.3) is 0 Å². The molecule has 1 aliphatic heterocycles. The van der Waals surface area contributed by atoms with Gasteiger partial charge in [0.05, 0.1) is 52.9 Å². The first-order chi connectivity index (χ1) is 16.4. The molecule has 0 aromatic heterocycles. The quantitative estimate of drug-likeness (QED) is 0.540. The zero-order valence-corrected chi connectivity index (χ0v) is 19.3. The summed E-state index contributed by atoms with van der Waals surface area (Å²) in [6.45, 7) is 5.69. The van der Waals surface area contributed by atoms with E-state index in [1.54, 1.807) is 0 Å². The number of allylic oxidation sites excluding steroid dienone is 6. The molecule has 0 amide bonds. The zero-order valence-electron chi connectivity index (χ0n) is 19.3. The molecule has 0 N–H and O–H groups in total. The van der Waals surface area contributed by atoms with Crippen LogP contribution in [0.1, 0.15) is 19.3 Å². The summed E-state index contributed by atoms with van der Waals surface area (Å²) >= 11 is 0. The second-order valence-corrected chi connectivity index (χ2v) is 7.32. The van der Waals surface area contributed by atoms with Crippen molar-refractivity contribution < 1.29 is 37.9 Å². The minimum Gasteiger partial charge on any atom is -0.488 e. The van der Waals surface area contributed by atoms with Crippen LogP contribution in [0.2, 0.25) is 0 Å². The van der Waals surface area contributed by atoms with Crippen molar-refractivity contribution in [3.05, 3.63) is 59.5 Å². The summed E-state index contributed by atoms with van der Waals surface area (Å²) in [4.78, 5) is 0. The van der Waals surface area contributed by atoms with Crippen LogP contribution in [0.5, 0.6) is 0 Å². The zero-order chi connectivity index (χ0) is 22.8. The molecule has 3 aliphatic rings. The normalized spacial score (nSPS) is 23.0. The molecule has 8 heteroatoms. The number of fused-ring (bicyclic) bond motifs is 2. The van der Waals surface area contributed by atoms with Crippen molar-refractivity contribution in [2.75, 3.05) is 79.3 Å². The maximum absolute atomic E-state index is 5.87. The average molecular weight is 465 g/mol. The monoisotopic (exact) mass is 464 g/mol. The second kappa shape index (κ2) is 16.4. The fourth-order valence-corrected chi connectivity index (χ4v) is 3.22. The minimum absolute atomic E-state index is 0.431. The molecule has 8 nitrogen and oxygen atoms in total. The van der Waals surface area contributed by atoms with Gasteiger partial charge in [-0.05, 0) is 43.6 Å². The SMILES string of the molecule is C1=CCC=C2OCCOCCOCCOC3=CCCC=C3OCCOCCOCCOC2=C1. The molecule has 0 saturated carbocycles. The highest BCUT2D eigenvalue weighted by Gasteiger charge is 2.12. The van der Waals surface area contributed by atoms with Crippen molar-refractivity contribution >= 4 is 0 Å². The van der Waals surface area contributed by atoms with Crippen LogP contribution in [0.4, 0.5) is 0 Å². The van der Waals surface area contributed by atoms with E-state index in [4.69, 9.17) is 37.9 Å². The maximum Gasteiger partial charge on any atom is 0.160 e. The van der Waals surface area contributed by atoms with Crippen molar-refractivity contribution in [1.29, 1.82) is 0 Å². The molecule has 33 heavy (non-hydrogen) atoms. The molecule has 0 atom stereocenters. The van der Waals surface area contributed by atoms with Crippen LogP contribution >= 0.6 is 0 Å². The van der Waals surface area contributed by atoms with Crippen LogP contribution < -0.4 is 0 Å². The highest BCUT2D eigenvalue weighted by atomic mass is 16.6. The van der Waals surface area contributed by atoms with Crippen LogP contribution in [-0.2, 0) is 37.9 Å². The third-order valence-electron chi connectivity index (χ3n) is 4.82. The van der Waals surface area contributed by atoms with Gasteiger partial charge in [-0.1, -0.05) is 12.2 Å². The van der Waals surface area contributed by atoms with Crippen LogP contribution in [0.15, 0.2) is 59.5 Å². The summed E-state index contributed by atoms with van der Waals surface area (Å²) in [5, 5.41) is 0. The van der Waals surface area contributed by atoms with E-state index in [0.717, 1.165) is 36.5 Å². The lowest BCUT2D eigenvalue weighted by Gasteiger charge is -2.18. The Bertz CT molecular complexity index is 707. The Morgan fingerprint density at radius 2 is 0.818 bits per heavy atom. The van der Waals surface area contributed by atoms with Crippen LogP contribution in [0, 0.1) is 0 Å². The van der Waals surface area contributed by atoms with E-state index in [1.165, 1.54) is 0 Å². The Morgan fingerprint density at radius 1 is 0.424 bits per heavy atom. The van der Waals surface area contributed by atoms with E-state index in [9.17, 15) is 0 Å². The molecule has 0 unspecified atom stereocenters. The first kappa shape index (κ1) is 25.4. The lowest BCUT2D eigenvalue weighted by atomic mass is 10.1. The van der Waals surface area contributed by atoms with Crippen LogP contribution in [0.25, 0.3) is 0 Å². The minimum atomic E-state index is 0.431. The summed E-state index contributed by atoms with van der Waals surface area (Å²) in [7, 11) is 0. The molecule has 184 valence electrons. The third kappa shape index (κ3) is 10.5. The van der Waals surface area contributed by atoms with E-state index in [2.05, 4.69) is 12.2 Å². The Balaban J connectivity index is 1.43. The molecule has 1 fully saturated rings. The highest BCUT2D eigenvalue weighted by molar-refractivity contribution is 5.28. The fourth-order valence-electron chi connectivity index (χ4n) is 3.22. The molecule has 0 radical (unpaired) electrons. The van der Waals surface area contributed by atoms with E-state index in [0.29, 0.717) is 85.0 Å². The average Bonchev–Trinajstić information content (AvgIpc) is 3.06. The van der Waals surface area contributed by atoms with Crippen LogP contribution in [-0.4, -0.2) is 79.3 Å². The highest BCUT2D eigenvalue weighted by Crippen LogP contribution is 2.21. The lowest BCUT2D eigenvalue weighted by Crippen LogP contribution is -2.15. The molecule has 0 spiro atoms. The van der Waals surface area contributed by atoms with E-state index in [1.807, 2.05) is 24.3 Å². The number of hydrogen-bond acceptors (Lipinski definition) is 8. The van der Waals surface area contributed by atoms with E-state index < -0.39 is 0 Å². The van der Waals surface area contributed by atoms with Gasteiger partial charge in [0, 0.05) is 0 Å². The molecule has 3 rings (SSSR count). The van der Waals surface area contributed by atoms with Gasteiger partial charge in [-0.15, -0.1) is 0 Å². The first-order valence-corrected chi connectivity index (χ1v) is 11.7. The molecule has 0 aromatic carbocycles. The predicted octanol–water partition coefficient (Wildman–Crippen LogP) is 3.42. The molecule has 2 aliphatic carbocycles. The number of rotatable bonds is 0. The standard InChI is InChI=1S/C25H36O8/c1-2-6-22-23(7-3-1)31-19-15-27-11-13-29-17-21-33-25-9-5-4-8-24(25)32-20-16-28-12-10-26-14-18-30-22/h1-2,6-9H,3-5,10-21H2. The lowest BCUT2D eigenvalue weighted by molar-refractivity contribution is 0.000720. The van der Waals surface area contributed by atoms with Gasteiger partial charge in [-0.25, -0.2) is 0 Å². The third-order valence-corrected chi connectivity index (χ3v) is 4.82. The maximum atomic E-state index is 5.87. The molecule has 0 aromatic rings. The largest absolute Gasteiger partial charge is 0.488 e.